The molecular weight excluding hydrogens is 192 g/mol. The molecule has 6 nitrogen and oxygen atoms in total. The first-order valence-electron chi connectivity index (χ1n) is 4.54. The van der Waals surface area contributed by atoms with Crippen molar-refractivity contribution < 1.29 is 29.9 Å². The Morgan fingerprint density at radius 1 is 1.21 bits per heavy atom. The van der Waals surface area contributed by atoms with Crippen LogP contribution in [0.15, 0.2) is 0 Å². The van der Waals surface area contributed by atoms with Gasteiger partial charge in [-0.05, 0) is 6.92 Å². The topological polar surface area (TPSA) is 99.4 Å². The summed E-state index contributed by atoms with van der Waals surface area (Å²) in [5, 5.41) is 37.1. The highest BCUT2D eigenvalue weighted by molar-refractivity contribution is 4.89. The zero-order valence-electron chi connectivity index (χ0n) is 7.91. The van der Waals surface area contributed by atoms with Gasteiger partial charge in [0, 0.05) is 6.61 Å². The van der Waals surface area contributed by atoms with Crippen LogP contribution in [-0.2, 0) is 9.47 Å². The van der Waals surface area contributed by atoms with Crippen LogP contribution in [0.25, 0.3) is 0 Å². The molecule has 0 unspecified atom stereocenters. The Hall–Kier alpha value is -0.240. The summed E-state index contributed by atoms with van der Waals surface area (Å²) in [6.45, 7) is 1.52. The third-order valence-electron chi connectivity index (χ3n) is 2.20. The van der Waals surface area contributed by atoms with Gasteiger partial charge in [0.05, 0.1) is 6.61 Å². The molecule has 0 spiro atoms. The predicted octanol–water partition coefficient (Wildman–Crippen LogP) is -2.18. The van der Waals surface area contributed by atoms with Gasteiger partial charge in [-0.25, -0.2) is 0 Å². The van der Waals surface area contributed by atoms with Gasteiger partial charge >= 0.3 is 0 Å². The molecule has 0 bridgehead atoms. The number of ether oxygens (including phenoxy) is 2. The molecule has 4 N–H and O–H groups in total. The van der Waals surface area contributed by atoms with Crippen molar-refractivity contribution in [2.75, 3.05) is 13.2 Å². The summed E-state index contributed by atoms with van der Waals surface area (Å²) in [4.78, 5) is 0. The number of hydrogen-bond acceptors (Lipinski definition) is 6. The smallest absolute Gasteiger partial charge is 0.184 e. The fraction of sp³-hybridized carbons (Fsp3) is 1.00. The highest BCUT2D eigenvalue weighted by Gasteiger charge is 2.43. The minimum absolute atomic E-state index is 0.290. The summed E-state index contributed by atoms with van der Waals surface area (Å²) >= 11 is 0. The third kappa shape index (κ3) is 2.22. The third-order valence-corrected chi connectivity index (χ3v) is 2.20. The van der Waals surface area contributed by atoms with Crippen molar-refractivity contribution in [1.82, 2.24) is 0 Å². The number of aliphatic hydroxyl groups excluding tert-OH is 4. The summed E-state index contributed by atoms with van der Waals surface area (Å²) in [7, 11) is 0. The quantitative estimate of drug-likeness (QED) is 0.421. The van der Waals surface area contributed by atoms with E-state index in [1.807, 2.05) is 0 Å². The molecular formula is C8H16O6. The predicted molar refractivity (Wildman–Crippen MR) is 45.4 cm³/mol. The average molecular weight is 208 g/mol. The van der Waals surface area contributed by atoms with E-state index in [2.05, 4.69) is 0 Å². The van der Waals surface area contributed by atoms with Crippen LogP contribution in [-0.4, -0.2) is 64.3 Å². The fourth-order valence-electron chi connectivity index (χ4n) is 1.44. The SMILES string of the molecule is CCO[C@@H]1[C@@H](O)[C@@H](O)[C@@H](CO)O[C@H]1O. The van der Waals surface area contributed by atoms with Crippen molar-refractivity contribution >= 4 is 0 Å². The second-order valence-electron chi connectivity index (χ2n) is 3.15. The van der Waals surface area contributed by atoms with Crippen LogP contribution in [0.4, 0.5) is 0 Å². The van der Waals surface area contributed by atoms with Gasteiger partial charge in [-0.1, -0.05) is 0 Å². The van der Waals surface area contributed by atoms with Crippen molar-refractivity contribution in [1.29, 1.82) is 0 Å². The Balaban J connectivity index is 2.63. The normalized spacial score (nSPS) is 43.9. The van der Waals surface area contributed by atoms with Crippen LogP contribution < -0.4 is 0 Å². The summed E-state index contributed by atoms with van der Waals surface area (Å²) in [6.07, 6.45) is -5.78. The summed E-state index contributed by atoms with van der Waals surface area (Å²) in [6, 6.07) is 0. The van der Waals surface area contributed by atoms with E-state index in [4.69, 9.17) is 14.6 Å². The Labute approximate surface area is 81.7 Å². The monoisotopic (exact) mass is 208 g/mol. The Bertz CT molecular complexity index is 175. The molecule has 0 amide bonds. The van der Waals surface area contributed by atoms with E-state index in [0.717, 1.165) is 0 Å². The molecule has 1 heterocycles. The number of rotatable bonds is 3. The van der Waals surface area contributed by atoms with Crippen molar-refractivity contribution in [2.24, 2.45) is 0 Å². The second kappa shape index (κ2) is 5.01. The summed E-state index contributed by atoms with van der Waals surface area (Å²) < 4.78 is 9.86. The average Bonchev–Trinajstić information content (AvgIpc) is 2.18. The van der Waals surface area contributed by atoms with Crippen molar-refractivity contribution in [3.8, 4) is 0 Å². The van der Waals surface area contributed by atoms with E-state index in [1.165, 1.54) is 0 Å². The van der Waals surface area contributed by atoms with Gasteiger partial charge < -0.3 is 29.9 Å². The van der Waals surface area contributed by atoms with Gasteiger partial charge in [-0.3, -0.25) is 0 Å². The molecule has 1 fully saturated rings. The van der Waals surface area contributed by atoms with Gasteiger partial charge in [-0.15, -0.1) is 0 Å². The largest absolute Gasteiger partial charge is 0.394 e. The molecule has 0 aromatic heterocycles. The first-order chi connectivity index (χ1) is 6.61. The van der Waals surface area contributed by atoms with E-state index in [1.54, 1.807) is 6.92 Å². The molecule has 0 aliphatic carbocycles. The summed E-state index contributed by atoms with van der Waals surface area (Å²) in [5.74, 6) is 0. The van der Waals surface area contributed by atoms with Gasteiger partial charge in [-0.2, -0.15) is 0 Å². The van der Waals surface area contributed by atoms with Crippen LogP contribution in [0.1, 0.15) is 6.92 Å². The molecule has 1 aliphatic rings. The lowest BCUT2D eigenvalue weighted by molar-refractivity contribution is -0.295. The van der Waals surface area contributed by atoms with E-state index in [9.17, 15) is 15.3 Å². The zero-order chi connectivity index (χ0) is 10.7. The van der Waals surface area contributed by atoms with Crippen LogP contribution >= 0.6 is 0 Å². The number of hydrogen-bond donors (Lipinski definition) is 4. The Morgan fingerprint density at radius 3 is 2.36 bits per heavy atom. The van der Waals surface area contributed by atoms with Gasteiger partial charge in [0.1, 0.15) is 24.4 Å². The van der Waals surface area contributed by atoms with E-state index < -0.39 is 37.3 Å². The highest BCUT2D eigenvalue weighted by atomic mass is 16.7. The van der Waals surface area contributed by atoms with Crippen LogP contribution in [0, 0.1) is 0 Å². The maximum absolute atomic E-state index is 9.51. The minimum Gasteiger partial charge on any atom is -0.394 e. The van der Waals surface area contributed by atoms with E-state index >= 15 is 0 Å². The Kier molecular flexibility index (Phi) is 4.24. The van der Waals surface area contributed by atoms with Gasteiger partial charge in [0.25, 0.3) is 0 Å². The first-order valence-corrected chi connectivity index (χ1v) is 4.54. The lowest BCUT2D eigenvalue weighted by Crippen LogP contribution is -2.59. The van der Waals surface area contributed by atoms with Crippen molar-refractivity contribution in [3.63, 3.8) is 0 Å². The van der Waals surface area contributed by atoms with E-state index in [-0.39, 0.29) is 0 Å². The molecule has 1 saturated heterocycles. The Morgan fingerprint density at radius 2 is 1.86 bits per heavy atom. The van der Waals surface area contributed by atoms with Crippen molar-refractivity contribution in [2.45, 2.75) is 37.6 Å². The molecule has 14 heavy (non-hydrogen) atoms. The number of aliphatic hydroxyl groups is 4. The second-order valence-corrected chi connectivity index (χ2v) is 3.15. The lowest BCUT2D eigenvalue weighted by Gasteiger charge is -2.39. The van der Waals surface area contributed by atoms with Crippen LogP contribution in [0.3, 0.4) is 0 Å². The minimum atomic E-state index is -1.33. The van der Waals surface area contributed by atoms with Gasteiger partial charge in [0.15, 0.2) is 6.29 Å². The molecule has 5 atom stereocenters. The molecule has 0 radical (unpaired) electrons. The maximum atomic E-state index is 9.51. The van der Waals surface area contributed by atoms with Crippen LogP contribution in [0.2, 0.25) is 0 Å². The molecule has 0 saturated carbocycles. The van der Waals surface area contributed by atoms with E-state index in [0.29, 0.717) is 6.61 Å². The fourth-order valence-corrected chi connectivity index (χ4v) is 1.44. The first kappa shape index (κ1) is 11.8. The zero-order valence-corrected chi connectivity index (χ0v) is 7.91. The molecule has 84 valence electrons. The van der Waals surface area contributed by atoms with Crippen molar-refractivity contribution in [3.05, 3.63) is 0 Å². The molecule has 0 aromatic rings. The maximum Gasteiger partial charge on any atom is 0.184 e. The highest BCUT2D eigenvalue weighted by Crippen LogP contribution is 2.21. The van der Waals surface area contributed by atoms with Crippen LogP contribution in [0.5, 0.6) is 0 Å². The lowest BCUT2D eigenvalue weighted by atomic mass is 9.99. The summed E-state index contributed by atoms with van der Waals surface area (Å²) in [5.41, 5.74) is 0. The molecule has 1 aliphatic heterocycles. The van der Waals surface area contributed by atoms with Gasteiger partial charge in [0.2, 0.25) is 0 Å². The molecule has 0 aromatic carbocycles. The molecule has 6 heteroatoms. The molecule has 1 rings (SSSR count). The standard InChI is InChI=1S/C8H16O6/c1-2-13-7-6(11)5(10)4(3-9)14-8(7)12/h4-12H,2-3H2,1H3/t4-,5+,6+,7-,8-/m1/s1.